The number of carbonyl (C=O) groups excluding carboxylic acids is 2. The van der Waals surface area contributed by atoms with Gasteiger partial charge in [0.1, 0.15) is 0 Å². The fourth-order valence-corrected chi connectivity index (χ4v) is 5.00. The number of carbonyl (C=O) groups is 2. The van der Waals surface area contributed by atoms with Gasteiger partial charge in [-0.2, -0.15) is 0 Å². The van der Waals surface area contributed by atoms with Gasteiger partial charge in [-0.1, -0.05) is 0 Å². The van der Waals surface area contributed by atoms with Crippen molar-refractivity contribution in [3.63, 3.8) is 0 Å². The number of hydrogen-bond donors (Lipinski definition) is 1. The topological polar surface area (TPSA) is 92.1 Å². The van der Waals surface area contributed by atoms with E-state index in [0.717, 1.165) is 11.3 Å². The van der Waals surface area contributed by atoms with E-state index in [-0.39, 0.29) is 41.5 Å². The number of piperazine rings is 1. The summed E-state index contributed by atoms with van der Waals surface area (Å²) in [6, 6.07) is 10.3. The average molecular weight is 688 g/mol. The lowest BCUT2D eigenvalue weighted by Gasteiger charge is -2.36. The molecule has 10 nitrogen and oxygen atoms in total. The second-order valence-electron chi connectivity index (χ2n) is 11.2. The number of rotatable bonds is 7. The van der Waals surface area contributed by atoms with Crippen molar-refractivity contribution in [3.05, 3.63) is 71.9 Å². The number of methoxy groups -OCH3 is 1. The van der Waals surface area contributed by atoms with Crippen molar-refractivity contribution in [2.24, 2.45) is 0 Å². The van der Waals surface area contributed by atoms with Gasteiger partial charge in [0, 0.05) is 55.4 Å². The molecule has 0 saturated carbocycles. The number of likely N-dealkylation sites (N-methyl/N-ethyl adjacent to an activating group) is 1. The minimum absolute atomic E-state index is 0. The lowest BCUT2D eigenvalue weighted by Crippen LogP contribution is -3.00. The number of benzene rings is 2. The molecule has 0 atom stereocenters. The number of fused-ring (bicyclic) bond motifs is 1. The van der Waals surface area contributed by atoms with Crippen molar-refractivity contribution in [3.8, 4) is 17.0 Å². The Labute approximate surface area is 261 Å². The molecule has 0 spiro atoms. The van der Waals surface area contributed by atoms with Crippen molar-refractivity contribution >= 4 is 29.0 Å². The molecule has 0 radical (unpaired) electrons. The number of quaternary nitrogens is 1. The molecule has 1 saturated heterocycles. The highest BCUT2D eigenvalue weighted by Crippen LogP contribution is 2.29. The van der Waals surface area contributed by atoms with Crippen LogP contribution in [0.25, 0.3) is 16.9 Å². The summed E-state index contributed by atoms with van der Waals surface area (Å²) in [5.74, 6) is 0.323. The van der Waals surface area contributed by atoms with Crippen LogP contribution in [0.1, 0.15) is 15.9 Å². The summed E-state index contributed by atoms with van der Waals surface area (Å²) >= 11 is 0. The maximum atomic E-state index is 14.3. The zero-order chi connectivity index (χ0) is 29.3. The number of anilines is 2. The molecule has 0 aliphatic carbocycles. The van der Waals surface area contributed by atoms with E-state index in [9.17, 15) is 14.0 Å². The Kier molecular flexibility index (Phi) is 9.36. The van der Waals surface area contributed by atoms with Gasteiger partial charge in [0.25, 0.3) is 11.8 Å². The lowest BCUT2D eigenvalue weighted by molar-refractivity contribution is -0.862. The number of ether oxygens (including phenoxy) is 1. The molecule has 222 valence electrons. The van der Waals surface area contributed by atoms with Crippen LogP contribution in [0.5, 0.6) is 5.75 Å². The van der Waals surface area contributed by atoms with E-state index >= 15 is 0 Å². The Morgan fingerprint density at radius 2 is 1.74 bits per heavy atom. The molecule has 5 rings (SSSR count). The number of aryl methyl sites for hydroxylation is 1. The third-order valence-corrected chi connectivity index (χ3v) is 7.12. The Bertz CT molecular complexity index is 1610. The average Bonchev–Trinajstić information content (AvgIpc) is 3.37. The Morgan fingerprint density at radius 1 is 1.02 bits per heavy atom. The maximum absolute atomic E-state index is 14.3. The normalized spacial score (nSPS) is 13.6. The van der Waals surface area contributed by atoms with Gasteiger partial charge in [-0.25, -0.2) is 14.4 Å². The quantitative estimate of drug-likeness (QED) is 0.226. The SMILES string of the molecule is COc1ccc(-c2cnc3c(Nc4ccc(C(=O)N5CCN(C(=O)C[N+](C)(C)C)CC5)c(C)c4)nccn23)cc1F.[I-]. The standard InChI is InChI=1S/C30H34FN7O3.HI/c1-20-16-22(7-8-23(20)30(40)36-14-12-35(13-15-36)27(39)19-38(2,3)4)34-28-29-33-18-25(37(29)11-10-32-28)21-6-9-26(41-5)24(31)17-21;/h6-11,16-18H,12-15,19H2,1-5H3;1H. The number of aromatic nitrogens is 3. The van der Waals surface area contributed by atoms with Crippen LogP contribution in [-0.4, -0.2) is 101 Å². The number of nitrogens with zero attached hydrogens (tertiary/aromatic N) is 6. The van der Waals surface area contributed by atoms with Gasteiger partial charge < -0.3 is 48.3 Å². The van der Waals surface area contributed by atoms with Crippen LogP contribution in [0.4, 0.5) is 15.9 Å². The van der Waals surface area contributed by atoms with Gasteiger partial charge in [0.2, 0.25) is 0 Å². The molecule has 1 fully saturated rings. The van der Waals surface area contributed by atoms with Crippen LogP contribution in [0, 0.1) is 12.7 Å². The van der Waals surface area contributed by atoms with E-state index in [0.29, 0.717) is 65.5 Å². The molecular weight excluding hydrogens is 652 g/mol. The van der Waals surface area contributed by atoms with Crippen LogP contribution in [0.2, 0.25) is 0 Å². The van der Waals surface area contributed by atoms with Gasteiger partial charge in [-0.3, -0.25) is 14.0 Å². The second-order valence-corrected chi connectivity index (χ2v) is 11.2. The first-order valence-electron chi connectivity index (χ1n) is 13.5. The Balaban J connectivity index is 0.00000405. The molecule has 42 heavy (non-hydrogen) atoms. The highest BCUT2D eigenvalue weighted by molar-refractivity contribution is 5.96. The maximum Gasteiger partial charge on any atom is 0.277 e. The van der Waals surface area contributed by atoms with Gasteiger partial charge in [-0.15, -0.1) is 0 Å². The summed E-state index contributed by atoms with van der Waals surface area (Å²) in [6.07, 6.45) is 5.09. The predicted octanol–water partition coefficient (Wildman–Crippen LogP) is 0.591. The largest absolute Gasteiger partial charge is 1.00 e. The number of nitrogens with one attached hydrogen (secondary N) is 1. The van der Waals surface area contributed by atoms with Crippen molar-refractivity contribution in [1.29, 1.82) is 0 Å². The lowest BCUT2D eigenvalue weighted by atomic mass is 10.1. The predicted molar refractivity (Wildman–Crippen MR) is 155 cm³/mol. The zero-order valence-corrected chi connectivity index (χ0v) is 26.6. The summed E-state index contributed by atoms with van der Waals surface area (Å²) in [6.45, 7) is 4.42. The van der Waals surface area contributed by atoms with Gasteiger partial charge in [-0.05, 0) is 48.9 Å². The Morgan fingerprint density at radius 3 is 2.38 bits per heavy atom. The molecule has 0 unspecified atom stereocenters. The fraction of sp³-hybridized carbons (Fsp3) is 0.333. The van der Waals surface area contributed by atoms with E-state index in [1.54, 1.807) is 30.7 Å². The third-order valence-electron chi connectivity index (χ3n) is 7.12. The first-order valence-corrected chi connectivity index (χ1v) is 13.5. The van der Waals surface area contributed by atoms with E-state index in [4.69, 9.17) is 4.74 Å². The number of imidazole rings is 1. The smallest absolute Gasteiger partial charge is 0.277 e. The van der Waals surface area contributed by atoms with Crippen LogP contribution < -0.4 is 34.0 Å². The van der Waals surface area contributed by atoms with E-state index in [1.165, 1.54) is 13.2 Å². The molecule has 1 aliphatic heterocycles. The van der Waals surface area contributed by atoms with Gasteiger partial charge in [0.05, 0.1) is 40.1 Å². The number of hydrogen-bond acceptors (Lipinski definition) is 6. The van der Waals surface area contributed by atoms with E-state index < -0.39 is 5.82 Å². The number of halogens is 2. The van der Waals surface area contributed by atoms with E-state index in [2.05, 4.69) is 15.3 Å². The molecule has 0 bridgehead atoms. The van der Waals surface area contributed by atoms with Crippen LogP contribution >= 0.6 is 0 Å². The molecule has 2 amide bonds. The third kappa shape index (κ3) is 6.65. The van der Waals surface area contributed by atoms with Crippen molar-refractivity contribution in [2.45, 2.75) is 6.92 Å². The highest BCUT2D eigenvalue weighted by atomic mass is 127. The van der Waals surface area contributed by atoms with Crippen LogP contribution in [-0.2, 0) is 4.79 Å². The summed E-state index contributed by atoms with van der Waals surface area (Å²) in [4.78, 5) is 38.5. The molecule has 3 heterocycles. The summed E-state index contributed by atoms with van der Waals surface area (Å²) in [7, 11) is 7.41. The zero-order valence-electron chi connectivity index (χ0n) is 24.4. The minimum atomic E-state index is -0.451. The van der Waals surface area contributed by atoms with Crippen molar-refractivity contribution in [2.75, 3.05) is 66.3 Å². The monoisotopic (exact) mass is 687 g/mol. The molecule has 1 N–H and O–H groups in total. The molecule has 1 aliphatic rings. The summed E-state index contributed by atoms with van der Waals surface area (Å²) < 4.78 is 21.8. The van der Waals surface area contributed by atoms with Crippen molar-refractivity contribution in [1.82, 2.24) is 24.2 Å². The minimum Gasteiger partial charge on any atom is -1.00 e. The van der Waals surface area contributed by atoms with E-state index in [1.807, 2.05) is 60.5 Å². The first kappa shape index (κ1) is 31.2. The van der Waals surface area contributed by atoms with Crippen molar-refractivity contribution < 1.29 is 47.2 Å². The summed E-state index contributed by atoms with van der Waals surface area (Å²) in [5, 5.41) is 3.31. The van der Waals surface area contributed by atoms with Gasteiger partial charge >= 0.3 is 0 Å². The highest BCUT2D eigenvalue weighted by Gasteiger charge is 2.28. The molecule has 2 aromatic heterocycles. The number of amides is 2. The Hall–Kier alpha value is -3.78. The fourth-order valence-electron chi connectivity index (χ4n) is 5.00. The molecule has 4 aromatic rings. The second kappa shape index (κ2) is 12.6. The summed E-state index contributed by atoms with van der Waals surface area (Å²) in [5.41, 5.74) is 4.16. The molecular formula is C30H35FIN7O3. The molecule has 2 aromatic carbocycles. The van der Waals surface area contributed by atoms with Crippen LogP contribution in [0.3, 0.4) is 0 Å². The van der Waals surface area contributed by atoms with Crippen LogP contribution in [0.15, 0.2) is 55.0 Å². The first-order chi connectivity index (χ1) is 19.5. The molecule has 12 heteroatoms. The van der Waals surface area contributed by atoms with Gasteiger partial charge in [0.15, 0.2) is 29.6 Å².